The fraction of sp³-hybridized carbons (Fsp3) is 0.714. The number of guanidine groups is 1. The molecule has 0 spiro atoms. The van der Waals surface area contributed by atoms with Crippen LogP contribution < -0.4 is 10.6 Å². The van der Waals surface area contributed by atoms with Gasteiger partial charge in [-0.3, -0.25) is 4.99 Å². The van der Waals surface area contributed by atoms with Gasteiger partial charge in [0.25, 0.3) is 0 Å². The van der Waals surface area contributed by atoms with Crippen molar-refractivity contribution in [3.63, 3.8) is 0 Å². The van der Waals surface area contributed by atoms with E-state index >= 15 is 0 Å². The largest absolute Gasteiger partial charge is 0.355 e. The van der Waals surface area contributed by atoms with Gasteiger partial charge in [0.1, 0.15) is 5.01 Å². The second-order valence-corrected chi connectivity index (χ2v) is 6.01. The van der Waals surface area contributed by atoms with Crippen LogP contribution in [-0.2, 0) is 6.54 Å². The molecule has 0 aliphatic heterocycles. The number of likely N-dealkylation sites (N-methyl/N-ethyl adjacent to an activating group) is 1. The summed E-state index contributed by atoms with van der Waals surface area (Å²) in [5.74, 6) is 1.32. The Bertz CT molecular complexity index is 419. The van der Waals surface area contributed by atoms with Crippen molar-refractivity contribution in [1.82, 2.24) is 20.5 Å². The molecular weight excluding hydrogens is 397 g/mol. The topological polar surface area (TPSA) is 52.5 Å². The third-order valence-electron chi connectivity index (χ3n) is 3.12. The lowest BCUT2D eigenvalue weighted by Gasteiger charge is -2.16. The van der Waals surface area contributed by atoms with Crippen LogP contribution in [0.4, 0.5) is 0 Å². The van der Waals surface area contributed by atoms with Gasteiger partial charge in [-0.15, -0.1) is 35.3 Å². The summed E-state index contributed by atoms with van der Waals surface area (Å²) in [5.41, 5.74) is 1.17. The minimum Gasteiger partial charge on any atom is -0.355 e. The van der Waals surface area contributed by atoms with Crippen LogP contribution in [0.5, 0.6) is 0 Å². The highest BCUT2D eigenvalue weighted by Crippen LogP contribution is 2.17. The van der Waals surface area contributed by atoms with E-state index in [0.29, 0.717) is 5.92 Å². The summed E-state index contributed by atoms with van der Waals surface area (Å²) >= 11 is 1.70. The first-order valence-electron chi connectivity index (χ1n) is 7.14. The fourth-order valence-corrected chi connectivity index (χ4v) is 2.47. The zero-order valence-electron chi connectivity index (χ0n) is 13.6. The third kappa shape index (κ3) is 7.96. The average Bonchev–Trinajstić information content (AvgIpc) is 2.91. The number of thiazole rings is 1. The molecule has 0 saturated heterocycles. The Kier molecular flexibility index (Phi) is 11.0. The molecule has 0 aliphatic carbocycles. The first-order valence-corrected chi connectivity index (χ1v) is 8.02. The standard InChI is InChI=1S/C14H27N5S.HI/c1-6-19(5)8-7-16-14(15-4)17-9-13-18-12(10-20-13)11(2)3;/h10-11H,6-9H2,1-5H3,(H2,15,16,17);1H. The number of rotatable bonds is 7. The SMILES string of the molecule is CCN(C)CCNC(=NC)NCc1nc(C(C)C)cs1.I. The van der Waals surface area contributed by atoms with E-state index < -0.39 is 0 Å². The predicted octanol–water partition coefficient (Wildman–Crippen LogP) is 2.50. The van der Waals surface area contributed by atoms with E-state index in [1.165, 1.54) is 5.69 Å². The van der Waals surface area contributed by atoms with Crippen molar-refractivity contribution in [2.45, 2.75) is 33.2 Å². The Morgan fingerprint density at radius 2 is 2.14 bits per heavy atom. The Hall–Kier alpha value is -0.410. The van der Waals surface area contributed by atoms with Gasteiger partial charge < -0.3 is 15.5 Å². The molecule has 0 amide bonds. The minimum absolute atomic E-state index is 0. The number of nitrogens with one attached hydrogen (secondary N) is 2. The molecule has 1 aromatic heterocycles. The molecule has 0 atom stereocenters. The number of aromatic nitrogens is 1. The molecule has 0 unspecified atom stereocenters. The number of hydrogen-bond donors (Lipinski definition) is 2. The number of halogens is 1. The van der Waals surface area contributed by atoms with Gasteiger partial charge in [0.15, 0.2) is 5.96 Å². The van der Waals surface area contributed by atoms with Crippen LogP contribution in [0.25, 0.3) is 0 Å². The maximum Gasteiger partial charge on any atom is 0.191 e. The molecule has 0 aliphatic rings. The minimum atomic E-state index is 0. The fourth-order valence-electron chi connectivity index (χ4n) is 1.57. The van der Waals surface area contributed by atoms with Crippen molar-refractivity contribution in [2.75, 3.05) is 33.7 Å². The van der Waals surface area contributed by atoms with Crippen LogP contribution in [0.2, 0.25) is 0 Å². The van der Waals surface area contributed by atoms with Gasteiger partial charge >= 0.3 is 0 Å². The normalized spacial score (nSPS) is 11.7. The second-order valence-electron chi connectivity index (χ2n) is 5.07. The van der Waals surface area contributed by atoms with E-state index in [4.69, 9.17) is 0 Å². The van der Waals surface area contributed by atoms with E-state index in [9.17, 15) is 0 Å². The van der Waals surface area contributed by atoms with Gasteiger partial charge in [-0.25, -0.2) is 4.98 Å². The molecule has 0 radical (unpaired) electrons. The maximum atomic E-state index is 4.60. The Morgan fingerprint density at radius 1 is 1.43 bits per heavy atom. The summed E-state index contributed by atoms with van der Waals surface area (Å²) in [4.78, 5) is 11.1. The molecular formula is C14H28IN5S. The van der Waals surface area contributed by atoms with Crippen molar-refractivity contribution in [1.29, 1.82) is 0 Å². The van der Waals surface area contributed by atoms with Gasteiger partial charge in [0, 0.05) is 25.5 Å². The van der Waals surface area contributed by atoms with E-state index in [1.54, 1.807) is 18.4 Å². The zero-order valence-corrected chi connectivity index (χ0v) is 16.8. The highest BCUT2D eigenvalue weighted by Gasteiger charge is 2.06. The number of hydrogen-bond acceptors (Lipinski definition) is 4. The van der Waals surface area contributed by atoms with Crippen molar-refractivity contribution in [3.05, 3.63) is 16.1 Å². The summed E-state index contributed by atoms with van der Waals surface area (Å²) in [6.45, 7) is 10.2. The highest BCUT2D eigenvalue weighted by molar-refractivity contribution is 14.0. The highest BCUT2D eigenvalue weighted by atomic mass is 127. The van der Waals surface area contributed by atoms with Gasteiger partial charge in [-0.05, 0) is 19.5 Å². The Balaban J connectivity index is 0.00000400. The summed E-state index contributed by atoms with van der Waals surface area (Å²) < 4.78 is 0. The third-order valence-corrected chi connectivity index (χ3v) is 3.98. The van der Waals surface area contributed by atoms with E-state index in [1.807, 2.05) is 0 Å². The van der Waals surface area contributed by atoms with E-state index in [-0.39, 0.29) is 24.0 Å². The quantitative estimate of drug-likeness (QED) is 0.401. The summed E-state index contributed by atoms with van der Waals surface area (Å²) in [6, 6.07) is 0. The molecule has 1 heterocycles. The van der Waals surface area contributed by atoms with Crippen molar-refractivity contribution >= 4 is 41.3 Å². The molecule has 0 bridgehead atoms. The molecule has 7 heteroatoms. The van der Waals surface area contributed by atoms with Crippen LogP contribution in [0.15, 0.2) is 10.4 Å². The molecule has 0 fully saturated rings. The van der Waals surface area contributed by atoms with Gasteiger partial charge in [0.05, 0.1) is 12.2 Å². The first-order chi connectivity index (χ1) is 9.56. The summed E-state index contributed by atoms with van der Waals surface area (Å²) in [6.07, 6.45) is 0. The Morgan fingerprint density at radius 3 is 2.67 bits per heavy atom. The monoisotopic (exact) mass is 425 g/mol. The first kappa shape index (κ1) is 20.6. The van der Waals surface area contributed by atoms with E-state index in [0.717, 1.165) is 37.1 Å². The van der Waals surface area contributed by atoms with Crippen molar-refractivity contribution in [3.8, 4) is 0 Å². The van der Waals surface area contributed by atoms with E-state index in [2.05, 4.69) is 58.7 Å². The molecule has 1 aromatic rings. The summed E-state index contributed by atoms with van der Waals surface area (Å²) in [7, 11) is 3.90. The average molecular weight is 425 g/mol. The Labute approximate surface area is 149 Å². The molecule has 0 aromatic carbocycles. The van der Waals surface area contributed by atoms with Crippen molar-refractivity contribution < 1.29 is 0 Å². The zero-order chi connectivity index (χ0) is 15.0. The molecule has 2 N–H and O–H groups in total. The lowest BCUT2D eigenvalue weighted by Crippen LogP contribution is -2.40. The van der Waals surface area contributed by atoms with Gasteiger partial charge in [0.2, 0.25) is 0 Å². The molecule has 5 nitrogen and oxygen atoms in total. The number of aliphatic imine (C=N–C) groups is 1. The summed E-state index contributed by atoms with van der Waals surface area (Å²) in [5, 5.41) is 9.84. The molecule has 122 valence electrons. The van der Waals surface area contributed by atoms with Crippen LogP contribution in [0.3, 0.4) is 0 Å². The van der Waals surface area contributed by atoms with Crippen LogP contribution in [0, 0.1) is 0 Å². The lowest BCUT2D eigenvalue weighted by atomic mass is 10.2. The predicted molar refractivity (Wildman–Crippen MR) is 103 cm³/mol. The van der Waals surface area contributed by atoms with Crippen molar-refractivity contribution in [2.24, 2.45) is 4.99 Å². The van der Waals surface area contributed by atoms with Crippen LogP contribution >= 0.6 is 35.3 Å². The smallest absolute Gasteiger partial charge is 0.191 e. The number of nitrogens with zero attached hydrogens (tertiary/aromatic N) is 3. The second kappa shape index (κ2) is 11.2. The van der Waals surface area contributed by atoms with Gasteiger partial charge in [-0.1, -0.05) is 20.8 Å². The molecule has 0 saturated carbocycles. The van der Waals surface area contributed by atoms with Crippen LogP contribution in [-0.4, -0.2) is 49.6 Å². The molecule has 21 heavy (non-hydrogen) atoms. The molecule has 1 rings (SSSR count). The maximum absolute atomic E-state index is 4.60. The van der Waals surface area contributed by atoms with Crippen LogP contribution in [0.1, 0.15) is 37.4 Å². The van der Waals surface area contributed by atoms with Gasteiger partial charge in [-0.2, -0.15) is 0 Å². The lowest BCUT2D eigenvalue weighted by molar-refractivity contribution is 0.357.